The summed E-state index contributed by atoms with van der Waals surface area (Å²) in [5.74, 6) is -0.146. The van der Waals surface area contributed by atoms with Gasteiger partial charge in [0, 0.05) is 10.9 Å². The predicted molar refractivity (Wildman–Crippen MR) is 94.3 cm³/mol. The molecule has 2 aromatic carbocycles. The summed E-state index contributed by atoms with van der Waals surface area (Å²) in [5.41, 5.74) is 2.73. The lowest BCUT2D eigenvalue weighted by Gasteiger charge is -2.05. The molecule has 4 aromatic rings. The van der Waals surface area contributed by atoms with E-state index in [-0.39, 0.29) is 17.2 Å². The SMILES string of the molecule is O=C(c1ccc(O)cc1)c1cncc(-c2ccc3ccccc3n2)n1. The van der Waals surface area contributed by atoms with Crippen molar-refractivity contribution in [1.82, 2.24) is 15.0 Å². The van der Waals surface area contributed by atoms with Crippen LogP contribution in [0.5, 0.6) is 5.75 Å². The molecule has 5 nitrogen and oxygen atoms in total. The summed E-state index contributed by atoms with van der Waals surface area (Å²) < 4.78 is 0. The Morgan fingerprint density at radius 3 is 2.44 bits per heavy atom. The number of carbonyl (C=O) groups is 1. The van der Waals surface area contributed by atoms with Gasteiger partial charge in [-0.2, -0.15) is 0 Å². The number of hydrogen-bond acceptors (Lipinski definition) is 5. The first-order chi connectivity index (χ1) is 12.2. The van der Waals surface area contributed by atoms with Crippen LogP contribution in [-0.2, 0) is 0 Å². The molecule has 0 spiro atoms. The van der Waals surface area contributed by atoms with Crippen molar-refractivity contribution in [2.45, 2.75) is 0 Å². The van der Waals surface area contributed by atoms with Gasteiger partial charge in [-0.1, -0.05) is 24.3 Å². The van der Waals surface area contributed by atoms with Crippen molar-refractivity contribution >= 4 is 16.7 Å². The van der Waals surface area contributed by atoms with Crippen LogP contribution in [0.15, 0.2) is 73.1 Å². The smallest absolute Gasteiger partial charge is 0.212 e. The first-order valence-corrected chi connectivity index (χ1v) is 7.73. The number of phenolic OH excluding ortho intramolecular Hbond substituents is 1. The second kappa shape index (κ2) is 6.13. The number of benzene rings is 2. The van der Waals surface area contributed by atoms with Gasteiger partial charge in [-0.15, -0.1) is 0 Å². The first-order valence-electron chi connectivity index (χ1n) is 7.73. The second-order valence-corrected chi connectivity index (χ2v) is 5.55. The van der Waals surface area contributed by atoms with E-state index in [1.54, 1.807) is 18.3 Å². The monoisotopic (exact) mass is 327 g/mol. The number of fused-ring (bicyclic) bond motifs is 1. The summed E-state index contributed by atoms with van der Waals surface area (Å²) in [4.78, 5) is 25.7. The van der Waals surface area contributed by atoms with Crippen LogP contribution >= 0.6 is 0 Å². The van der Waals surface area contributed by atoms with Crippen molar-refractivity contribution in [3.05, 3.63) is 84.3 Å². The van der Waals surface area contributed by atoms with Crippen molar-refractivity contribution < 1.29 is 9.90 Å². The van der Waals surface area contributed by atoms with Crippen LogP contribution in [0.3, 0.4) is 0 Å². The third-order valence-electron chi connectivity index (χ3n) is 3.86. The fourth-order valence-electron chi connectivity index (χ4n) is 2.57. The molecular formula is C20H13N3O2. The Morgan fingerprint density at radius 2 is 1.60 bits per heavy atom. The molecule has 0 saturated carbocycles. The minimum Gasteiger partial charge on any atom is -0.508 e. The molecule has 0 radical (unpaired) electrons. The van der Waals surface area contributed by atoms with Crippen LogP contribution in [0.2, 0.25) is 0 Å². The maximum Gasteiger partial charge on any atom is 0.212 e. The van der Waals surface area contributed by atoms with Gasteiger partial charge in [0.05, 0.1) is 23.6 Å². The topological polar surface area (TPSA) is 76.0 Å². The molecule has 1 N–H and O–H groups in total. The lowest BCUT2D eigenvalue weighted by molar-refractivity contribution is 0.103. The zero-order chi connectivity index (χ0) is 17.2. The summed E-state index contributed by atoms with van der Waals surface area (Å²) in [5, 5.41) is 10.4. The van der Waals surface area contributed by atoms with Gasteiger partial charge in [0.1, 0.15) is 17.1 Å². The number of pyridine rings is 1. The quantitative estimate of drug-likeness (QED) is 0.582. The summed E-state index contributed by atoms with van der Waals surface area (Å²) >= 11 is 0. The third-order valence-corrected chi connectivity index (χ3v) is 3.86. The first kappa shape index (κ1) is 15.0. The molecule has 0 saturated heterocycles. The molecular weight excluding hydrogens is 314 g/mol. The van der Waals surface area contributed by atoms with Gasteiger partial charge in [0.2, 0.25) is 5.78 Å². The Bertz CT molecular complexity index is 1080. The van der Waals surface area contributed by atoms with E-state index >= 15 is 0 Å². The number of carbonyl (C=O) groups excluding carboxylic acids is 1. The number of ketones is 1. The summed E-state index contributed by atoms with van der Waals surface area (Å²) in [7, 11) is 0. The Morgan fingerprint density at radius 1 is 0.800 bits per heavy atom. The maximum atomic E-state index is 12.5. The molecule has 2 aromatic heterocycles. The highest BCUT2D eigenvalue weighted by Crippen LogP contribution is 2.20. The average Bonchev–Trinajstić information content (AvgIpc) is 2.68. The Labute approximate surface area is 143 Å². The van der Waals surface area contributed by atoms with Gasteiger partial charge in [0.15, 0.2) is 0 Å². The van der Waals surface area contributed by atoms with Crippen LogP contribution in [0.1, 0.15) is 16.1 Å². The van der Waals surface area contributed by atoms with E-state index in [9.17, 15) is 9.90 Å². The van der Waals surface area contributed by atoms with E-state index in [1.165, 1.54) is 18.3 Å². The van der Waals surface area contributed by atoms with Gasteiger partial charge in [-0.25, -0.2) is 9.97 Å². The molecule has 120 valence electrons. The molecule has 0 aliphatic heterocycles. The molecule has 5 heteroatoms. The molecule has 0 atom stereocenters. The minimum atomic E-state index is -0.255. The number of para-hydroxylation sites is 1. The van der Waals surface area contributed by atoms with E-state index in [0.29, 0.717) is 17.0 Å². The number of hydrogen-bond donors (Lipinski definition) is 1. The van der Waals surface area contributed by atoms with Crippen LogP contribution < -0.4 is 0 Å². The van der Waals surface area contributed by atoms with Crippen molar-refractivity contribution in [3.8, 4) is 17.1 Å². The third kappa shape index (κ3) is 2.95. The Hall–Kier alpha value is -3.60. The van der Waals surface area contributed by atoms with Crippen LogP contribution in [0.4, 0.5) is 0 Å². The fraction of sp³-hybridized carbons (Fsp3) is 0. The molecule has 0 aliphatic rings. The standard InChI is InChI=1S/C20H13N3O2/c24-15-8-5-14(6-9-15)20(25)19-12-21-11-18(23-19)17-10-7-13-3-1-2-4-16(13)22-17/h1-12,24H. The largest absolute Gasteiger partial charge is 0.508 e. The van der Waals surface area contributed by atoms with Gasteiger partial charge >= 0.3 is 0 Å². The van der Waals surface area contributed by atoms with E-state index in [0.717, 1.165) is 10.9 Å². The molecule has 0 amide bonds. The van der Waals surface area contributed by atoms with Crippen LogP contribution in [0, 0.1) is 0 Å². The molecule has 0 bridgehead atoms. The number of rotatable bonds is 3. The number of nitrogens with zero attached hydrogens (tertiary/aromatic N) is 3. The Kier molecular flexibility index (Phi) is 3.67. The maximum absolute atomic E-state index is 12.5. The van der Waals surface area contributed by atoms with Crippen molar-refractivity contribution in [2.75, 3.05) is 0 Å². The second-order valence-electron chi connectivity index (χ2n) is 5.55. The van der Waals surface area contributed by atoms with E-state index in [2.05, 4.69) is 15.0 Å². The lowest BCUT2D eigenvalue weighted by atomic mass is 10.1. The molecule has 0 unspecified atom stereocenters. The molecule has 2 heterocycles. The fourth-order valence-corrected chi connectivity index (χ4v) is 2.57. The van der Waals surface area contributed by atoms with Crippen molar-refractivity contribution in [2.24, 2.45) is 0 Å². The molecule has 4 rings (SSSR count). The zero-order valence-corrected chi connectivity index (χ0v) is 13.1. The lowest BCUT2D eigenvalue weighted by Crippen LogP contribution is -2.05. The molecule has 25 heavy (non-hydrogen) atoms. The van der Waals surface area contributed by atoms with Crippen molar-refractivity contribution in [1.29, 1.82) is 0 Å². The normalized spacial score (nSPS) is 10.7. The minimum absolute atomic E-state index is 0.108. The summed E-state index contributed by atoms with van der Waals surface area (Å²) in [6.45, 7) is 0. The molecule has 0 fully saturated rings. The summed E-state index contributed by atoms with van der Waals surface area (Å²) in [6.07, 6.45) is 3.02. The Balaban J connectivity index is 1.73. The number of aromatic nitrogens is 3. The highest BCUT2D eigenvalue weighted by molar-refractivity contribution is 6.07. The van der Waals surface area contributed by atoms with Gasteiger partial charge in [0.25, 0.3) is 0 Å². The van der Waals surface area contributed by atoms with Crippen LogP contribution in [-0.4, -0.2) is 25.8 Å². The predicted octanol–water partition coefficient (Wildman–Crippen LogP) is 3.63. The van der Waals surface area contributed by atoms with E-state index in [4.69, 9.17) is 0 Å². The van der Waals surface area contributed by atoms with E-state index < -0.39 is 0 Å². The highest BCUT2D eigenvalue weighted by atomic mass is 16.3. The van der Waals surface area contributed by atoms with Gasteiger partial charge in [-0.3, -0.25) is 9.78 Å². The number of aromatic hydroxyl groups is 1. The summed E-state index contributed by atoms with van der Waals surface area (Å²) in [6, 6.07) is 17.7. The van der Waals surface area contributed by atoms with Crippen LogP contribution in [0.25, 0.3) is 22.3 Å². The van der Waals surface area contributed by atoms with Gasteiger partial charge in [-0.05, 0) is 36.4 Å². The van der Waals surface area contributed by atoms with E-state index in [1.807, 2.05) is 36.4 Å². The highest BCUT2D eigenvalue weighted by Gasteiger charge is 2.13. The zero-order valence-electron chi connectivity index (χ0n) is 13.1. The molecule has 0 aliphatic carbocycles. The number of phenols is 1. The average molecular weight is 327 g/mol. The van der Waals surface area contributed by atoms with Gasteiger partial charge < -0.3 is 5.11 Å². The van der Waals surface area contributed by atoms with Crippen molar-refractivity contribution in [3.63, 3.8) is 0 Å².